The number of pyridine rings is 1. The first-order chi connectivity index (χ1) is 22.5. The van der Waals surface area contributed by atoms with Gasteiger partial charge < -0.3 is 41.6 Å². The van der Waals surface area contributed by atoms with E-state index in [1.54, 1.807) is 33.2 Å². The van der Waals surface area contributed by atoms with Gasteiger partial charge in [-0.1, -0.05) is 24.3 Å². The van der Waals surface area contributed by atoms with Crippen LogP contribution in [0.1, 0.15) is 56.1 Å². The molecule has 2 atom stereocenters. The second kappa shape index (κ2) is 17.0. The molecule has 14 nitrogen and oxygen atoms in total. The molecule has 14 heteroatoms. The molecule has 8 N–H and O–H groups in total. The van der Waals surface area contributed by atoms with Crippen LogP contribution in [0, 0.1) is 0 Å². The van der Waals surface area contributed by atoms with Gasteiger partial charge in [-0.2, -0.15) is 0 Å². The van der Waals surface area contributed by atoms with Crippen LogP contribution in [0.15, 0.2) is 48.9 Å². The van der Waals surface area contributed by atoms with Crippen molar-refractivity contribution in [2.75, 3.05) is 55.3 Å². The van der Waals surface area contributed by atoms with Crippen molar-refractivity contribution in [3.05, 3.63) is 60.2 Å². The van der Waals surface area contributed by atoms with Crippen LogP contribution in [-0.2, 0) is 15.9 Å². The molecule has 0 aliphatic carbocycles. The standard InChI is InChI=1S/C33H47N9O5/c1-33(2,3)47-32(45)41-24(6-4-5-13-34)30(43)37-15-11-22-7-9-23(10-8-22)25-21-38-29(35)28(39-25)31(44)40-26-20-36-14-12-27(26)42-16-18-46-19-17-42/h7-10,12,14,20-21,24,30,37,43H,4-6,11,13,15-19,34H2,1-3H3,(H2,35,38)(H,40,44)(H,41,45). The van der Waals surface area contributed by atoms with E-state index in [1.807, 2.05) is 30.3 Å². The number of nitrogens with zero attached hydrogens (tertiary/aromatic N) is 4. The highest BCUT2D eigenvalue weighted by molar-refractivity contribution is 6.07. The largest absolute Gasteiger partial charge is 0.444 e. The second-order valence-electron chi connectivity index (χ2n) is 12.3. The Morgan fingerprint density at radius 2 is 1.85 bits per heavy atom. The molecule has 0 spiro atoms. The number of hydrogen-bond acceptors (Lipinski definition) is 12. The maximum atomic E-state index is 13.3. The lowest BCUT2D eigenvalue weighted by Gasteiger charge is -2.30. The number of benzene rings is 1. The molecule has 3 heterocycles. The summed E-state index contributed by atoms with van der Waals surface area (Å²) in [5.74, 6) is -0.463. The van der Waals surface area contributed by atoms with Crippen molar-refractivity contribution in [2.45, 2.75) is 64.3 Å². The summed E-state index contributed by atoms with van der Waals surface area (Å²) in [6.45, 7) is 9.00. The lowest BCUT2D eigenvalue weighted by molar-refractivity contribution is 0.0365. The number of aliphatic hydroxyl groups is 1. The zero-order valence-electron chi connectivity index (χ0n) is 27.4. The fourth-order valence-electron chi connectivity index (χ4n) is 5.07. The summed E-state index contributed by atoms with van der Waals surface area (Å²) in [4.78, 5) is 40.7. The summed E-state index contributed by atoms with van der Waals surface area (Å²) in [6.07, 6.45) is 5.99. The van der Waals surface area contributed by atoms with Crippen LogP contribution in [0.5, 0.6) is 0 Å². The van der Waals surface area contributed by atoms with Gasteiger partial charge in [-0.3, -0.25) is 15.1 Å². The first kappa shape index (κ1) is 35.5. The molecule has 254 valence electrons. The molecule has 2 aromatic heterocycles. The van der Waals surface area contributed by atoms with Crippen LogP contribution in [-0.4, -0.2) is 89.3 Å². The third kappa shape index (κ3) is 10.8. The zero-order valence-corrected chi connectivity index (χ0v) is 27.4. The minimum absolute atomic E-state index is 0.0163. The Morgan fingerprint density at radius 3 is 2.55 bits per heavy atom. The number of carbonyl (C=O) groups is 2. The third-order valence-electron chi connectivity index (χ3n) is 7.48. The summed E-state index contributed by atoms with van der Waals surface area (Å²) in [5, 5.41) is 19.6. The Bertz CT molecular complexity index is 1460. The topological polar surface area (TPSA) is 203 Å². The SMILES string of the molecule is CC(C)(C)OC(=O)NC(CCCCN)C(O)NCCc1ccc(-c2cnc(N)c(C(=O)Nc3cnccc3N3CCOCC3)n2)cc1. The minimum Gasteiger partial charge on any atom is -0.444 e. The number of amides is 2. The van der Waals surface area contributed by atoms with Crippen LogP contribution < -0.4 is 32.3 Å². The van der Waals surface area contributed by atoms with Gasteiger partial charge in [0, 0.05) is 31.4 Å². The molecule has 1 aliphatic heterocycles. The quantitative estimate of drug-likeness (QED) is 0.110. The van der Waals surface area contributed by atoms with Crippen molar-refractivity contribution in [1.82, 2.24) is 25.6 Å². The number of nitrogens with two attached hydrogens (primary N) is 2. The van der Waals surface area contributed by atoms with Crippen LogP contribution in [0.25, 0.3) is 11.3 Å². The number of morpholine rings is 1. The summed E-state index contributed by atoms with van der Waals surface area (Å²) in [7, 11) is 0. The Morgan fingerprint density at radius 1 is 1.11 bits per heavy atom. The van der Waals surface area contributed by atoms with E-state index in [4.69, 9.17) is 20.9 Å². The van der Waals surface area contributed by atoms with Gasteiger partial charge in [0.15, 0.2) is 11.5 Å². The molecule has 0 saturated carbocycles. The van der Waals surface area contributed by atoms with E-state index in [0.717, 1.165) is 29.7 Å². The molecule has 4 rings (SSSR count). The van der Waals surface area contributed by atoms with Crippen LogP contribution >= 0.6 is 0 Å². The second-order valence-corrected chi connectivity index (χ2v) is 12.3. The van der Waals surface area contributed by atoms with Gasteiger partial charge in [0.1, 0.15) is 11.8 Å². The van der Waals surface area contributed by atoms with Crippen molar-refractivity contribution in [1.29, 1.82) is 0 Å². The van der Waals surface area contributed by atoms with Gasteiger partial charge in [0.2, 0.25) is 0 Å². The van der Waals surface area contributed by atoms with E-state index >= 15 is 0 Å². The van der Waals surface area contributed by atoms with Gasteiger partial charge in [-0.05, 0) is 64.6 Å². The molecule has 0 bridgehead atoms. The van der Waals surface area contributed by atoms with E-state index in [-0.39, 0.29) is 11.5 Å². The van der Waals surface area contributed by atoms with E-state index in [0.29, 0.717) is 63.6 Å². The number of alkyl carbamates (subject to hydrolysis) is 1. The Kier molecular flexibility index (Phi) is 12.8. The Hall–Kier alpha value is -4.37. The molecule has 2 unspecified atom stereocenters. The first-order valence-electron chi connectivity index (χ1n) is 15.9. The van der Waals surface area contributed by atoms with Crippen molar-refractivity contribution in [2.24, 2.45) is 5.73 Å². The number of nitrogen functional groups attached to an aromatic ring is 1. The van der Waals surface area contributed by atoms with E-state index in [9.17, 15) is 14.7 Å². The molecule has 0 radical (unpaired) electrons. The Balaban J connectivity index is 1.35. The third-order valence-corrected chi connectivity index (χ3v) is 7.48. The van der Waals surface area contributed by atoms with Crippen LogP contribution in [0.2, 0.25) is 0 Å². The number of ether oxygens (including phenoxy) is 2. The number of unbranched alkanes of at least 4 members (excludes halogenated alkanes) is 1. The molecule has 2 amide bonds. The van der Waals surface area contributed by atoms with Crippen LogP contribution in [0.3, 0.4) is 0 Å². The molecular weight excluding hydrogens is 602 g/mol. The van der Waals surface area contributed by atoms with Crippen LogP contribution in [0.4, 0.5) is 22.0 Å². The summed E-state index contributed by atoms with van der Waals surface area (Å²) >= 11 is 0. The van der Waals surface area contributed by atoms with Crippen molar-refractivity contribution in [3.8, 4) is 11.3 Å². The molecule has 1 aliphatic rings. The van der Waals surface area contributed by atoms with Gasteiger partial charge in [-0.15, -0.1) is 0 Å². The fourth-order valence-corrected chi connectivity index (χ4v) is 5.07. The highest BCUT2D eigenvalue weighted by Gasteiger charge is 2.24. The molecule has 47 heavy (non-hydrogen) atoms. The fraction of sp³-hybridized carbons (Fsp3) is 0.485. The first-order valence-corrected chi connectivity index (χ1v) is 15.9. The normalized spacial score (nSPS) is 14.7. The lowest BCUT2D eigenvalue weighted by Crippen LogP contribution is -2.51. The highest BCUT2D eigenvalue weighted by Crippen LogP contribution is 2.27. The molecule has 1 fully saturated rings. The predicted octanol–water partition coefficient (Wildman–Crippen LogP) is 2.68. The number of carbonyl (C=O) groups excluding carboxylic acids is 2. The summed E-state index contributed by atoms with van der Waals surface area (Å²) < 4.78 is 10.8. The smallest absolute Gasteiger partial charge is 0.408 e. The van der Waals surface area contributed by atoms with E-state index < -0.39 is 29.9 Å². The predicted molar refractivity (Wildman–Crippen MR) is 181 cm³/mol. The number of nitrogens with one attached hydrogen (secondary N) is 3. The average Bonchev–Trinajstić information content (AvgIpc) is 3.04. The molecule has 1 saturated heterocycles. The number of rotatable bonds is 14. The zero-order chi connectivity index (χ0) is 33.8. The maximum absolute atomic E-state index is 13.3. The monoisotopic (exact) mass is 649 g/mol. The van der Waals surface area contributed by atoms with Gasteiger partial charge in [-0.25, -0.2) is 14.8 Å². The van der Waals surface area contributed by atoms with E-state index in [2.05, 4.69) is 35.8 Å². The van der Waals surface area contributed by atoms with Gasteiger partial charge >= 0.3 is 6.09 Å². The Labute approximate surface area is 275 Å². The number of aromatic nitrogens is 3. The number of anilines is 3. The van der Waals surface area contributed by atoms with E-state index in [1.165, 1.54) is 6.20 Å². The van der Waals surface area contributed by atoms with Gasteiger partial charge in [0.25, 0.3) is 5.91 Å². The summed E-state index contributed by atoms with van der Waals surface area (Å²) in [5.41, 5.74) is 14.7. The van der Waals surface area contributed by atoms with Crippen molar-refractivity contribution < 1.29 is 24.2 Å². The average molecular weight is 650 g/mol. The maximum Gasteiger partial charge on any atom is 0.408 e. The number of hydrogen-bond donors (Lipinski definition) is 6. The van der Waals surface area contributed by atoms with Gasteiger partial charge in [0.05, 0.1) is 48.7 Å². The number of aliphatic hydroxyl groups excluding tert-OH is 1. The molecule has 3 aromatic rings. The molecular formula is C33H47N9O5. The molecule has 1 aromatic carbocycles. The minimum atomic E-state index is -0.967. The summed E-state index contributed by atoms with van der Waals surface area (Å²) in [6, 6.07) is 9.01. The lowest BCUT2D eigenvalue weighted by atomic mass is 10.1. The highest BCUT2D eigenvalue weighted by atomic mass is 16.6. The van der Waals surface area contributed by atoms with Crippen molar-refractivity contribution >= 4 is 29.2 Å². The van der Waals surface area contributed by atoms with Crippen molar-refractivity contribution in [3.63, 3.8) is 0 Å².